The highest BCUT2D eigenvalue weighted by atomic mass is 32.1. The number of rotatable bonds is 6. The van der Waals surface area contributed by atoms with Crippen LogP contribution in [0.1, 0.15) is 24.3 Å². The average molecular weight is 295 g/mol. The number of benzene rings is 1. The van der Waals surface area contributed by atoms with Gasteiger partial charge in [0.2, 0.25) is 0 Å². The molecule has 2 aromatic rings. The molecular weight excluding hydrogens is 276 g/mol. The molecule has 1 N–H and O–H groups in total. The standard InChI is InChI=1S/C16H19F2NS/c1-15(2,14-9-6-10-20-14)11-19-12-16(17,18)13-7-4-3-5-8-13/h3-10,19H,11-12H2,1-2H3. The maximum absolute atomic E-state index is 14.0. The number of nitrogens with one attached hydrogen (secondary N) is 1. The third-order valence-corrected chi connectivity index (χ3v) is 4.53. The fraction of sp³-hybridized carbons (Fsp3) is 0.375. The van der Waals surface area contributed by atoms with Crippen LogP contribution in [0, 0.1) is 0 Å². The molecule has 2 rings (SSSR count). The first-order chi connectivity index (χ1) is 9.42. The molecule has 0 aliphatic carbocycles. The molecule has 0 spiro atoms. The molecule has 0 bridgehead atoms. The SMILES string of the molecule is CC(C)(CNCC(F)(F)c1ccccc1)c1cccs1. The molecule has 0 radical (unpaired) electrons. The molecule has 0 fully saturated rings. The van der Waals surface area contributed by atoms with Crippen molar-refractivity contribution in [3.8, 4) is 0 Å². The predicted molar refractivity (Wildman–Crippen MR) is 80.6 cm³/mol. The summed E-state index contributed by atoms with van der Waals surface area (Å²) in [6, 6.07) is 12.0. The van der Waals surface area contributed by atoms with Gasteiger partial charge in [0.15, 0.2) is 0 Å². The Labute approximate surface area is 122 Å². The first-order valence-corrected chi connectivity index (χ1v) is 7.48. The normalized spacial score (nSPS) is 12.6. The van der Waals surface area contributed by atoms with E-state index in [0.29, 0.717) is 6.54 Å². The molecule has 20 heavy (non-hydrogen) atoms. The summed E-state index contributed by atoms with van der Waals surface area (Å²) in [5, 5.41) is 4.92. The second-order valence-corrected chi connectivity index (χ2v) is 6.48. The lowest BCUT2D eigenvalue weighted by Crippen LogP contribution is -2.38. The molecule has 1 nitrogen and oxygen atoms in total. The molecule has 0 saturated carbocycles. The highest BCUT2D eigenvalue weighted by molar-refractivity contribution is 7.10. The molecule has 0 atom stereocenters. The largest absolute Gasteiger partial charge is 0.310 e. The minimum atomic E-state index is -2.84. The lowest BCUT2D eigenvalue weighted by molar-refractivity contribution is -0.00388. The van der Waals surface area contributed by atoms with E-state index in [-0.39, 0.29) is 17.5 Å². The van der Waals surface area contributed by atoms with E-state index in [2.05, 4.69) is 19.2 Å². The third kappa shape index (κ3) is 3.64. The number of alkyl halides is 2. The van der Waals surface area contributed by atoms with Gasteiger partial charge in [-0.3, -0.25) is 0 Å². The van der Waals surface area contributed by atoms with Crippen LogP contribution < -0.4 is 5.32 Å². The van der Waals surface area contributed by atoms with Crippen LogP contribution in [0.4, 0.5) is 8.78 Å². The summed E-state index contributed by atoms with van der Waals surface area (Å²) < 4.78 is 28.0. The maximum atomic E-state index is 14.0. The summed E-state index contributed by atoms with van der Waals surface area (Å²) in [7, 11) is 0. The van der Waals surface area contributed by atoms with E-state index in [1.165, 1.54) is 17.0 Å². The Bertz CT molecular complexity index is 521. The van der Waals surface area contributed by atoms with Crippen molar-refractivity contribution in [2.45, 2.75) is 25.2 Å². The summed E-state index contributed by atoms with van der Waals surface area (Å²) in [6.07, 6.45) is 0. The van der Waals surface area contributed by atoms with Gasteiger partial charge in [0.25, 0.3) is 5.92 Å². The van der Waals surface area contributed by atoms with E-state index < -0.39 is 5.92 Å². The molecule has 4 heteroatoms. The lowest BCUT2D eigenvalue weighted by atomic mass is 9.91. The van der Waals surface area contributed by atoms with E-state index in [0.717, 1.165) is 0 Å². The van der Waals surface area contributed by atoms with E-state index in [1.807, 2.05) is 17.5 Å². The molecule has 0 unspecified atom stereocenters. The third-order valence-electron chi connectivity index (χ3n) is 3.30. The van der Waals surface area contributed by atoms with Gasteiger partial charge in [-0.1, -0.05) is 50.2 Å². The minimum Gasteiger partial charge on any atom is -0.310 e. The van der Waals surface area contributed by atoms with E-state index >= 15 is 0 Å². The predicted octanol–water partition coefficient (Wildman–Crippen LogP) is 4.41. The Morgan fingerprint density at radius 2 is 1.70 bits per heavy atom. The zero-order valence-electron chi connectivity index (χ0n) is 11.7. The van der Waals surface area contributed by atoms with Gasteiger partial charge in [-0.25, -0.2) is 0 Å². The van der Waals surface area contributed by atoms with Gasteiger partial charge in [-0.2, -0.15) is 8.78 Å². The van der Waals surface area contributed by atoms with Crippen molar-refractivity contribution in [1.29, 1.82) is 0 Å². The average Bonchev–Trinajstić information content (AvgIpc) is 2.94. The molecule has 0 amide bonds. The Morgan fingerprint density at radius 3 is 2.30 bits per heavy atom. The zero-order chi connectivity index (χ0) is 14.6. The molecule has 1 aromatic heterocycles. The summed E-state index contributed by atoms with van der Waals surface area (Å²) in [5.74, 6) is -2.84. The fourth-order valence-corrected chi connectivity index (χ4v) is 2.92. The molecule has 0 aliphatic rings. The Hall–Kier alpha value is -1.26. The van der Waals surface area contributed by atoms with E-state index in [1.54, 1.807) is 29.5 Å². The highest BCUT2D eigenvalue weighted by Gasteiger charge is 2.32. The van der Waals surface area contributed by atoms with Crippen LogP contribution in [0.25, 0.3) is 0 Å². The van der Waals surface area contributed by atoms with Crippen molar-refractivity contribution in [1.82, 2.24) is 5.32 Å². The molecule has 0 aliphatic heterocycles. The molecule has 108 valence electrons. The Morgan fingerprint density at radius 1 is 1.00 bits per heavy atom. The number of thiophene rings is 1. The second kappa shape index (κ2) is 6.02. The van der Waals surface area contributed by atoms with Crippen LogP contribution in [0.15, 0.2) is 47.8 Å². The van der Waals surface area contributed by atoms with E-state index in [4.69, 9.17) is 0 Å². The number of hydrogen-bond donors (Lipinski definition) is 1. The fourth-order valence-electron chi connectivity index (χ4n) is 2.07. The van der Waals surface area contributed by atoms with Gasteiger partial charge in [0, 0.05) is 22.4 Å². The minimum absolute atomic E-state index is 0.0569. The van der Waals surface area contributed by atoms with Crippen LogP contribution in [-0.4, -0.2) is 13.1 Å². The van der Waals surface area contributed by atoms with Crippen LogP contribution in [-0.2, 0) is 11.3 Å². The summed E-state index contributed by atoms with van der Waals surface area (Å²) >= 11 is 1.66. The van der Waals surface area contributed by atoms with Crippen molar-refractivity contribution in [2.75, 3.05) is 13.1 Å². The Balaban J connectivity index is 1.93. The lowest BCUT2D eigenvalue weighted by Gasteiger charge is -2.25. The van der Waals surface area contributed by atoms with Gasteiger partial charge >= 0.3 is 0 Å². The van der Waals surface area contributed by atoms with Crippen molar-refractivity contribution in [3.05, 3.63) is 58.3 Å². The molecule has 1 heterocycles. The first kappa shape index (κ1) is 15.1. The van der Waals surface area contributed by atoms with Crippen molar-refractivity contribution >= 4 is 11.3 Å². The van der Waals surface area contributed by atoms with Crippen molar-refractivity contribution in [2.24, 2.45) is 0 Å². The van der Waals surface area contributed by atoms with Gasteiger partial charge in [-0.15, -0.1) is 11.3 Å². The maximum Gasteiger partial charge on any atom is 0.285 e. The van der Waals surface area contributed by atoms with Crippen LogP contribution in [0.5, 0.6) is 0 Å². The van der Waals surface area contributed by atoms with Crippen LogP contribution in [0.3, 0.4) is 0 Å². The summed E-state index contributed by atoms with van der Waals surface area (Å²) in [5.41, 5.74) is -0.0811. The highest BCUT2D eigenvalue weighted by Crippen LogP contribution is 2.29. The first-order valence-electron chi connectivity index (χ1n) is 6.60. The Kier molecular flexibility index (Phi) is 4.55. The topological polar surface area (TPSA) is 12.0 Å². The van der Waals surface area contributed by atoms with Gasteiger partial charge in [0.05, 0.1) is 6.54 Å². The van der Waals surface area contributed by atoms with Crippen molar-refractivity contribution < 1.29 is 8.78 Å². The number of hydrogen-bond acceptors (Lipinski definition) is 2. The monoisotopic (exact) mass is 295 g/mol. The van der Waals surface area contributed by atoms with Gasteiger partial charge in [-0.05, 0) is 11.4 Å². The number of halogens is 2. The second-order valence-electron chi connectivity index (χ2n) is 5.54. The zero-order valence-corrected chi connectivity index (χ0v) is 12.5. The van der Waals surface area contributed by atoms with E-state index in [9.17, 15) is 8.78 Å². The van der Waals surface area contributed by atoms with Gasteiger partial charge < -0.3 is 5.32 Å². The molecule has 0 saturated heterocycles. The van der Waals surface area contributed by atoms with Crippen LogP contribution in [0.2, 0.25) is 0 Å². The summed E-state index contributed by atoms with van der Waals surface area (Å²) in [6.45, 7) is 4.31. The molecule has 1 aromatic carbocycles. The summed E-state index contributed by atoms with van der Waals surface area (Å²) in [4.78, 5) is 1.20. The van der Waals surface area contributed by atoms with Crippen molar-refractivity contribution in [3.63, 3.8) is 0 Å². The van der Waals surface area contributed by atoms with Gasteiger partial charge in [0.1, 0.15) is 0 Å². The molecular formula is C16H19F2NS. The van der Waals surface area contributed by atoms with Crippen LogP contribution >= 0.6 is 11.3 Å². The smallest absolute Gasteiger partial charge is 0.285 e. The quantitative estimate of drug-likeness (QED) is 0.832.